The molecule has 0 aromatic carbocycles. The molecule has 9 heteroatoms. The van der Waals surface area contributed by atoms with Crippen molar-refractivity contribution in [1.29, 1.82) is 0 Å². The molecule has 9 nitrogen and oxygen atoms in total. The zero-order valence-corrected chi connectivity index (χ0v) is 34.3. The summed E-state index contributed by atoms with van der Waals surface area (Å²) in [7, 11) is 1.85. The molecular formula is C45H72N2O7. The number of hydrogen-bond acceptors (Lipinski definition) is 7. The third-order valence-corrected chi connectivity index (χ3v) is 16.0. The summed E-state index contributed by atoms with van der Waals surface area (Å²) in [6, 6.07) is 0. The van der Waals surface area contributed by atoms with Crippen molar-refractivity contribution < 1.29 is 33.4 Å². The van der Waals surface area contributed by atoms with Crippen LogP contribution in [-0.4, -0.2) is 84.1 Å². The van der Waals surface area contributed by atoms with E-state index in [0.717, 1.165) is 75.5 Å². The lowest BCUT2D eigenvalue weighted by atomic mass is 9.60. The smallest absolute Gasteiger partial charge is 0.233 e. The molecule has 7 fully saturated rings. The SMILES string of the molecule is COC1CCC(C(C)(C)C2CCC(OC3CCC4C(=O)N(CCCC(C)CN5C(=O)C6CCC(OC7CCC(C)CC7)CC6C5=O)C(=O)C4C3)CC2)CC1. The predicted molar refractivity (Wildman–Crippen MR) is 207 cm³/mol. The molecule has 7 atom stereocenters. The number of fused-ring (bicyclic) bond motifs is 2. The van der Waals surface area contributed by atoms with Gasteiger partial charge in [-0.15, -0.1) is 0 Å². The van der Waals surface area contributed by atoms with Gasteiger partial charge in [0.2, 0.25) is 23.6 Å². The molecule has 7 rings (SSSR count). The average molecular weight is 753 g/mol. The lowest BCUT2D eigenvalue weighted by molar-refractivity contribution is -0.141. The van der Waals surface area contributed by atoms with Crippen LogP contribution in [-0.2, 0) is 33.4 Å². The number of hydrogen-bond donors (Lipinski definition) is 0. The van der Waals surface area contributed by atoms with E-state index in [1.807, 2.05) is 7.11 Å². The maximum atomic E-state index is 13.6. The molecule has 2 saturated heterocycles. The van der Waals surface area contributed by atoms with Crippen molar-refractivity contribution in [3.8, 4) is 0 Å². The van der Waals surface area contributed by atoms with E-state index in [0.29, 0.717) is 50.0 Å². The van der Waals surface area contributed by atoms with Gasteiger partial charge in [-0.2, -0.15) is 0 Å². The molecule has 0 aromatic rings. The monoisotopic (exact) mass is 753 g/mol. The van der Waals surface area contributed by atoms with Crippen LogP contribution in [0.25, 0.3) is 0 Å². The number of carbonyl (C=O) groups excluding carboxylic acids is 4. The Morgan fingerprint density at radius 1 is 0.574 bits per heavy atom. The van der Waals surface area contributed by atoms with Gasteiger partial charge in [0.15, 0.2) is 0 Å². The summed E-state index contributed by atoms with van der Waals surface area (Å²) < 4.78 is 18.8. The molecule has 2 aliphatic heterocycles. The minimum absolute atomic E-state index is 0.00754. The molecule has 0 radical (unpaired) electrons. The Balaban J connectivity index is 0.819. The first-order valence-electron chi connectivity index (χ1n) is 22.5. The van der Waals surface area contributed by atoms with E-state index in [9.17, 15) is 19.2 Å². The van der Waals surface area contributed by atoms with Crippen LogP contribution in [0.1, 0.15) is 156 Å². The second-order valence-electron chi connectivity index (χ2n) is 19.8. The summed E-state index contributed by atoms with van der Waals surface area (Å²) in [5.74, 6) is 1.39. The zero-order chi connectivity index (χ0) is 38.1. The normalized spacial score (nSPS) is 39.9. The topological polar surface area (TPSA) is 102 Å². The molecule has 7 unspecified atom stereocenters. The molecule has 5 aliphatic carbocycles. The van der Waals surface area contributed by atoms with Crippen molar-refractivity contribution in [2.24, 2.45) is 52.8 Å². The van der Waals surface area contributed by atoms with E-state index < -0.39 is 0 Å². The second-order valence-corrected chi connectivity index (χ2v) is 19.8. The highest BCUT2D eigenvalue weighted by atomic mass is 16.5. The largest absolute Gasteiger partial charge is 0.381 e. The first kappa shape index (κ1) is 40.4. The summed E-state index contributed by atoms with van der Waals surface area (Å²) >= 11 is 0. The van der Waals surface area contributed by atoms with Crippen LogP contribution in [0.3, 0.4) is 0 Å². The fourth-order valence-electron chi connectivity index (χ4n) is 12.3. The van der Waals surface area contributed by atoms with Gasteiger partial charge in [0.05, 0.1) is 54.2 Å². The first-order chi connectivity index (χ1) is 25.9. The summed E-state index contributed by atoms with van der Waals surface area (Å²) in [4.78, 5) is 57.0. The van der Waals surface area contributed by atoms with Gasteiger partial charge in [-0.1, -0.05) is 27.7 Å². The Morgan fingerprint density at radius 2 is 1.00 bits per heavy atom. The molecule has 0 bridgehead atoms. The van der Waals surface area contributed by atoms with Crippen LogP contribution in [0.4, 0.5) is 0 Å². The van der Waals surface area contributed by atoms with Gasteiger partial charge in [0, 0.05) is 20.2 Å². The summed E-state index contributed by atoms with van der Waals surface area (Å²) in [5, 5.41) is 0. The van der Waals surface area contributed by atoms with Crippen LogP contribution >= 0.6 is 0 Å². The molecule has 304 valence electrons. The number of likely N-dealkylation sites (tertiary alicyclic amines) is 2. The third-order valence-electron chi connectivity index (χ3n) is 16.0. The van der Waals surface area contributed by atoms with Gasteiger partial charge in [0.25, 0.3) is 0 Å². The average Bonchev–Trinajstić information content (AvgIpc) is 3.55. The number of imide groups is 2. The molecular weight excluding hydrogens is 681 g/mol. The van der Waals surface area contributed by atoms with E-state index in [-0.39, 0.29) is 71.5 Å². The summed E-state index contributed by atoms with van der Waals surface area (Å²) in [5.41, 5.74) is 0.341. The van der Waals surface area contributed by atoms with Crippen LogP contribution in [0.2, 0.25) is 0 Å². The number of carbonyl (C=O) groups is 4. The van der Waals surface area contributed by atoms with Crippen LogP contribution in [0, 0.1) is 52.8 Å². The third kappa shape index (κ3) is 8.68. The standard InChI is InChI=1S/C45H72N2O7/c1-28-8-14-33(15-9-28)53-36-21-23-38-40(26-36)44(51)47(42(38)49)27-29(2)7-6-24-46-41(48)37-22-20-35(25-39(37)43(46)50)54-34-18-12-31(13-19-34)45(3,4)30-10-16-32(52-5)17-11-30/h28-40H,6-27H2,1-5H3. The molecule has 7 aliphatic rings. The van der Waals surface area contributed by atoms with Gasteiger partial charge < -0.3 is 14.2 Å². The van der Waals surface area contributed by atoms with Gasteiger partial charge >= 0.3 is 0 Å². The van der Waals surface area contributed by atoms with Gasteiger partial charge in [-0.3, -0.25) is 29.0 Å². The van der Waals surface area contributed by atoms with E-state index >= 15 is 0 Å². The van der Waals surface area contributed by atoms with E-state index in [1.165, 1.54) is 61.2 Å². The van der Waals surface area contributed by atoms with Crippen molar-refractivity contribution in [2.45, 2.75) is 187 Å². The van der Waals surface area contributed by atoms with E-state index in [2.05, 4.69) is 27.7 Å². The van der Waals surface area contributed by atoms with Gasteiger partial charge in [0.1, 0.15) is 0 Å². The van der Waals surface area contributed by atoms with Gasteiger partial charge in [-0.05, 0) is 158 Å². The molecule has 4 amide bonds. The lowest BCUT2D eigenvalue weighted by Crippen LogP contribution is -2.40. The van der Waals surface area contributed by atoms with E-state index in [1.54, 1.807) is 0 Å². The number of ether oxygens (including phenoxy) is 3. The molecule has 5 saturated carbocycles. The predicted octanol–water partition coefficient (Wildman–Crippen LogP) is 8.11. The molecule has 0 spiro atoms. The van der Waals surface area contributed by atoms with Crippen molar-refractivity contribution in [3.63, 3.8) is 0 Å². The highest BCUT2D eigenvalue weighted by molar-refractivity contribution is 6.06. The fraction of sp³-hybridized carbons (Fsp3) is 0.911. The Bertz CT molecular complexity index is 1330. The van der Waals surface area contributed by atoms with Crippen LogP contribution < -0.4 is 0 Å². The Morgan fingerprint density at radius 3 is 1.52 bits per heavy atom. The van der Waals surface area contributed by atoms with Crippen molar-refractivity contribution in [2.75, 3.05) is 20.2 Å². The Labute approximate surface area is 325 Å². The molecule has 54 heavy (non-hydrogen) atoms. The molecule has 2 heterocycles. The molecule has 0 N–H and O–H groups in total. The van der Waals surface area contributed by atoms with Crippen LogP contribution in [0.15, 0.2) is 0 Å². The maximum Gasteiger partial charge on any atom is 0.233 e. The van der Waals surface area contributed by atoms with Crippen LogP contribution in [0.5, 0.6) is 0 Å². The lowest BCUT2D eigenvalue weighted by Gasteiger charge is -2.47. The summed E-state index contributed by atoms with van der Waals surface area (Å²) in [6.07, 6.45) is 21.2. The maximum absolute atomic E-state index is 13.6. The highest BCUT2D eigenvalue weighted by Crippen LogP contribution is 2.50. The van der Waals surface area contributed by atoms with Gasteiger partial charge in [-0.25, -0.2) is 0 Å². The van der Waals surface area contributed by atoms with Crippen molar-refractivity contribution in [3.05, 3.63) is 0 Å². The minimum atomic E-state index is -0.260. The Hall–Kier alpha value is -1.84. The highest BCUT2D eigenvalue weighted by Gasteiger charge is 2.52. The van der Waals surface area contributed by atoms with Crippen molar-refractivity contribution in [1.82, 2.24) is 9.80 Å². The number of rotatable bonds is 13. The van der Waals surface area contributed by atoms with E-state index in [4.69, 9.17) is 14.2 Å². The van der Waals surface area contributed by atoms with Crippen molar-refractivity contribution >= 4 is 23.6 Å². The summed E-state index contributed by atoms with van der Waals surface area (Å²) in [6.45, 7) is 10.2. The minimum Gasteiger partial charge on any atom is -0.381 e. The second kappa shape index (κ2) is 17.3. The molecule has 0 aromatic heterocycles. The Kier molecular flexibility index (Phi) is 13.0. The first-order valence-corrected chi connectivity index (χ1v) is 22.5. The fourth-order valence-corrected chi connectivity index (χ4v) is 12.3. The quantitative estimate of drug-likeness (QED) is 0.175. The number of methoxy groups -OCH3 is 1. The zero-order valence-electron chi connectivity index (χ0n) is 34.3. The number of amides is 4. The number of nitrogens with zero attached hydrogens (tertiary/aromatic N) is 2.